The fraction of sp³-hybridized carbons (Fsp3) is 0.643. The maximum absolute atomic E-state index is 11.9. The van der Waals surface area contributed by atoms with E-state index in [1.165, 1.54) is 19.6 Å². The van der Waals surface area contributed by atoms with Gasteiger partial charge in [0.05, 0.1) is 26.9 Å². The number of carbonyl (C=O) groups excluding carboxylic acids is 1. The summed E-state index contributed by atoms with van der Waals surface area (Å²) in [6.07, 6.45) is 2.96. The first-order valence-electron chi connectivity index (χ1n) is 6.90. The number of hydrogen-bond acceptors (Lipinski definition) is 7. The summed E-state index contributed by atoms with van der Waals surface area (Å²) < 4.78 is 15.8. The van der Waals surface area contributed by atoms with Crippen LogP contribution in [0.3, 0.4) is 0 Å². The molecule has 0 saturated carbocycles. The van der Waals surface area contributed by atoms with Crippen molar-refractivity contribution in [2.24, 2.45) is 11.3 Å². The van der Waals surface area contributed by atoms with Crippen LogP contribution in [-0.2, 0) is 14.2 Å². The molecule has 0 aromatic carbocycles. The van der Waals surface area contributed by atoms with Gasteiger partial charge in [0, 0.05) is 37.7 Å². The maximum atomic E-state index is 11.9. The van der Waals surface area contributed by atoms with Gasteiger partial charge in [-0.25, -0.2) is 14.8 Å². The van der Waals surface area contributed by atoms with Crippen LogP contribution in [0.5, 0.6) is 0 Å². The standard InChI is InChI=1S/C14H19N3O4/c1-19-7-14-6-17(4-10(14)5-21-8-14)12-11(13(18)20-2)3-15-9-16-12/h3,9-10H,4-8H2,1-2H3/t10-,14-/m0/s1. The molecule has 2 saturated heterocycles. The van der Waals surface area contributed by atoms with E-state index in [-0.39, 0.29) is 5.41 Å². The van der Waals surface area contributed by atoms with E-state index in [0.717, 1.165) is 19.7 Å². The van der Waals surface area contributed by atoms with Gasteiger partial charge in [0.25, 0.3) is 0 Å². The number of carbonyl (C=O) groups is 1. The van der Waals surface area contributed by atoms with Crippen molar-refractivity contribution in [2.75, 3.05) is 52.0 Å². The molecule has 3 rings (SSSR count). The lowest BCUT2D eigenvalue weighted by atomic mass is 9.82. The largest absolute Gasteiger partial charge is 0.465 e. The Morgan fingerprint density at radius 2 is 2.43 bits per heavy atom. The molecule has 2 fully saturated rings. The average Bonchev–Trinajstić information content (AvgIpc) is 3.03. The van der Waals surface area contributed by atoms with Crippen LogP contribution < -0.4 is 4.90 Å². The molecule has 1 aromatic heterocycles. The molecule has 0 N–H and O–H groups in total. The highest BCUT2D eigenvalue weighted by Crippen LogP contribution is 2.43. The molecule has 2 atom stereocenters. The summed E-state index contributed by atoms with van der Waals surface area (Å²) in [7, 11) is 3.06. The molecule has 3 heterocycles. The van der Waals surface area contributed by atoms with Gasteiger partial charge in [-0.05, 0) is 0 Å². The zero-order chi connectivity index (χ0) is 14.9. The van der Waals surface area contributed by atoms with Gasteiger partial charge < -0.3 is 19.1 Å². The van der Waals surface area contributed by atoms with E-state index in [1.807, 2.05) is 0 Å². The second kappa shape index (κ2) is 5.57. The van der Waals surface area contributed by atoms with Crippen molar-refractivity contribution in [3.05, 3.63) is 18.1 Å². The number of rotatable bonds is 4. The Balaban J connectivity index is 1.88. The third-order valence-electron chi connectivity index (χ3n) is 4.35. The Bertz CT molecular complexity index is 539. The first kappa shape index (κ1) is 14.2. The van der Waals surface area contributed by atoms with Crippen molar-refractivity contribution in [2.45, 2.75) is 0 Å². The normalized spacial score (nSPS) is 27.7. The Kier molecular flexibility index (Phi) is 3.77. The summed E-state index contributed by atoms with van der Waals surface area (Å²) >= 11 is 0. The minimum absolute atomic E-state index is 0.0207. The second-order valence-corrected chi connectivity index (χ2v) is 5.64. The van der Waals surface area contributed by atoms with Crippen LogP contribution >= 0.6 is 0 Å². The molecule has 2 aliphatic heterocycles. The highest BCUT2D eigenvalue weighted by molar-refractivity contribution is 5.94. The van der Waals surface area contributed by atoms with E-state index in [4.69, 9.17) is 14.2 Å². The summed E-state index contributed by atoms with van der Waals surface area (Å²) in [6.45, 7) is 3.60. The van der Waals surface area contributed by atoms with Gasteiger partial charge in [0.15, 0.2) is 0 Å². The quantitative estimate of drug-likeness (QED) is 0.742. The summed E-state index contributed by atoms with van der Waals surface area (Å²) in [5.74, 6) is 0.597. The third-order valence-corrected chi connectivity index (χ3v) is 4.35. The number of nitrogens with zero attached hydrogens (tertiary/aromatic N) is 3. The van der Waals surface area contributed by atoms with Crippen molar-refractivity contribution in [3.63, 3.8) is 0 Å². The van der Waals surface area contributed by atoms with Gasteiger partial charge in [0.2, 0.25) is 0 Å². The highest BCUT2D eigenvalue weighted by Gasteiger charge is 2.51. The molecule has 114 valence electrons. The summed E-state index contributed by atoms with van der Waals surface area (Å²) in [6, 6.07) is 0. The molecule has 0 amide bonds. The topological polar surface area (TPSA) is 73.8 Å². The summed E-state index contributed by atoms with van der Waals surface area (Å²) in [5, 5.41) is 0. The molecule has 0 unspecified atom stereocenters. The number of methoxy groups -OCH3 is 2. The Labute approximate surface area is 123 Å². The van der Waals surface area contributed by atoms with Crippen LogP contribution in [0.25, 0.3) is 0 Å². The van der Waals surface area contributed by atoms with Gasteiger partial charge >= 0.3 is 5.97 Å². The van der Waals surface area contributed by atoms with Gasteiger partial charge in [-0.1, -0.05) is 0 Å². The van der Waals surface area contributed by atoms with Gasteiger partial charge in [-0.3, -0.25) is 0 Å². The lowest BCUT2D eigenvalue weighted by Gasteiger charge is -2.26. The van der Waals surface area contributed by atoms with E-state index in [9.17, 15) is 4.79 Å². The van der Waals surface area contributed by atoms with Gasteiger partial charge in [-0.15, -0.1) is 0 Å². The molecule has 7 nitrogen and oxygen atoms in total. The zero-order valence-corrected chi connectivity index (χ0v) is 12.2. The third kappa shape index (κ3) is 2.36. The fourth-order valence-electron chi connectivity index (χ4n) is 3.31. The number of hydrogen-bond donors (Lipinski definition) is 0. The molecule has 0 radical (unpaired) electrons. The van der Waals surface area contributed by atoms with Crippen molar-refractivity contribution >= 4 is 11.8 Å². The Hall–Kier alpha value is -1.73. The SMILES string of the molecule is COC[C@@]12COC[C@@H]1CN(c1ncncc1C(=O)OC)C2. The van der Waals surface area contributed by atoms with Gasteiger partial charge in [0.1, 0.15) is 17.7 Å². The summed E-state index contributed by atoms with van der Waals surface area (Å²) in [5.41, 5.74) is 0.376. The fourth-order valence-corrected chi connectivity index (χ4v) is 3.31. The Morgan fingerprint density at radius 3 is 3.19 bits per heavy atom. The maximum Gasteiger partial charge on any atom is 0.343 e. The predicted molar refractivity (Wildman–Crippen MR) is 74.2 cm³/mol. The van der Waals surface area contributed by atoms with Gasteiger partial charge in [-0.2, -0.15) is 0 Å². The van der Waals surface area contributed by atoms with E-state index in [2.05, 4.69) is 14.9 Å². The Morgan fingerprint density at radius 1 is 1.57 bits per heavy atom. The molecule has 7 heteroatoms. The van der Waals surface area contributed by atoms with Crippen molar-refractivity contribution in [3.8, 4) is 0 Å². The lowest BCUT2D eigenvalue weighted by molar-refractivity contribution is 0.0599. The second-order valence-electron chi connectivity index (χ2n) is 5.64. The monoisotopic (exact) mass is 293 g/mol. The van der Waals surface area contributed by atoms with Crippen LogP contribution in [0, 0.1) is 11.3 Å². The lowest BCUT2D eigenvalue weighted by Crippen LogP contribution is -2.35. The first-order valence-corrected chi connectivity index (χ1v) is 6.90. The minimum atomic E-state index is -0.417. The number of aromatic nitrogens is 2. The van der Waals surface area contributed by atoms with Crippen LogP contribution in [-0.4, -0.2) is 63.1 Å². The minimum Gasteiger partial charge on any atom is -0.465 e. The predicted octanol–water partition coefficient (Wildman–Crippen LogP) is 0.362. The van der Waals surface area contributed by atoms with Crippen LogP contribution in [0.2, 0.25) is 0 Å². The molecule has 21 heavy (non-hydrogen) atoms. The number of anilines is 1. The van der Waals surface area contributed by atoms with E-state index < -0.39 is 5.97 Å². The van der Waals surface area contributed by atoms with Crippen LogP contribution in [0.4, 0.5) is 5.82 Å². The molecule has 2 aliphatic rings. The van der Waals surface area contributed by atoms with Crippen LogP contribution in [0.15, 0.2) is 12.5 Å². The summed E-state index contributed by atoms with van der Waals surface area (Å²) in [4.78, 5) is 22.2. The van der Waals surface area contributed by atoms with Crippen LogP contribution in [0.1, 0.15) is 10.4 Å². The first-order chi connectivity index (χ1) is 10.2. The van der Waals surface area contributed by atoms with E-state index >= 15 is 0 Å². The number of fused-ring (bicyclic) bond motifs is 1. The molecular weight excluding hydrogens is 274 g/mol. The van der Waals surface area contributed by atoms with Crippen molar-refractivity contribution in [1.29, 1.82) is 0 Å². The van der Waals surface area contributed by atoms with Crippen molar-refractivity contribution < 1.29 is 19.0 Å². The molecular formula is C14H19N3O4. The number of ether oxygens (including phenoxy) is 3. The smallest absolute Gasteiger partial charge is 0.343 e. The average molecular weight is 293 g/mol. The molecule has 0 aliphatic carbocycles. The van der Waals surface area contributed by atoms with E-state index in [0.29, 0.717) is 30.5 Å². The van der Waals surface area contributed by atoms with Crippen molar-refractivity contribution in [1.82, 2.24) is 9.97 Å². The highest BCUT2D eigenvalue weighted by atomic mass is 16.5. The molecule has 1 aromatic rings. The zero-order valence-electron chi connectivity index (χ0n) is 12.2. The van der Waals surface area contributed by atoms with E-state index in [1.54, 1.807) is 7.11 Å². The molecule has 0 bridgehead atoms. The molecule has 0 spiro atoms. The number of esters is 1.